The van der Waals surface area contributed by atoms with E-state index in [4.69, 9.17) is 45.0 Å². The third-order valence-corrected chi connectivity index (χ3v) is 13.5. The first-order chi connectivity index (χ1) is 6.83. The fourth-order valence-electron chi connectivity index (χ4n) is 1.28. The zero-order valence-corrected chi connectivity index (χ0v) is 14.9. The minimum atomic E-state index is -2.79. The van der Waals surface area contributed by atoms with Crippen molar-refractivity contribution in [2.45, 2.75) is 26.3 Å². The molecule has 1 heterocycles. The van der Waals surface area contributed by atoms with Crippen molar-refractivity contribution in [2.75, 3.05) is 6.66 Å². The summed E-state index contributed by atoms with van der Waals surface area (Å²) >= 11 is 24.0. The van der Waals surface area contributed by atoms with E-state index in [1.165, 1.54) is 0 Å². The Kier molecular flexibility index (Phi) is 4.69. The predicted molar refractivity (Wildman–Crippen MR) is 80.3 cm³/mol. The molecule has 0 aliphatic carbocycles. The number of nitrogens with zero attached hydrogens (tertiary/aromatic N) is 3. The Morgan fingerprint density at radius 2 is 1.31 bits per heavy atom. The number of hydrogen-bond acceptors (Lipinski definition) is 4. The van der Waals surface area contributed by atoms with E-state index in [-0.39, 0.29) is 5.54 Å². The van der Waals surface area contributed by atoms with Crippen LogP contribution in [0.1, 0.15) is 20.8 Å². The molecule has 0 saturated carbocycles. The van der Waals surface area contributed by atoms with Crippen LogP contribution in [0.2, 0.25) is 0 Å². The third-order valence-electron chi connectivity index (χ3n) is 1.33. The molecule has 0 fully saturated rings. The topological polar surface area (TPSA) is 49.1 Å². The summed E-state index contributed by atoms with van der Waals surface area (Å²) < 4.78 is 12.5. The maximum Gasteiger partial charge on any atom is 0.256 e. The van der Waals surface area contributed by atoms with Crippen LogP contribution >= 0.6 is 64.1 Å². The summed E-state index contributed by atoms with van der Waals surface area (Å²) in [5, 5.41) is 3.28. The fraction of sp³-hybridized carbons (Fsp3) is 1.00. The highest BCUT2D eigenvalue weighted by Gasteiger charge is 2.32. The van der Waals surface area contributed by atoms with Gasteiger partial charge < -0.3 is 0 Å². The SMILES string of the molecule is CC(C)(C)NP1(C)=NP(Cl)(Cl)=NP(Cl)(Cl)=N1. The van der Waals surface area contributed by atoms with Crippen molar-refractivity contribution < 1.29 is 0 Å². The van der Waals surface area contributed by atoms with E-state index in [9.17, 15) is 0 Å². The van der Waals surface area contributed by atoms with Crippen molar-refractivity contribution in [2.24, 2.45) is 13.5 Å². The van der Waals surface area contributed by atoms with Crippen molar-refractivity contribution in [1.82, 2.24) is 5.09 Å². The van der Waals surface area contributed by atoms with Crippen LogP contribution in [-0.4, -0.2) is 12.2 Å². The molecule has 0 bridgehead atoms. The normalized spacial score (nSPS) is 32.2. The number of halogens is 4. The molecule has 0 amide bonds. The summed E-state index contributed by atoms with van der Waals surface area (Å²) in [4.78, 5) is 0. The molecule has 0 spiro atoms. The molecule has 1 aliphatic rings. The lowest BCUT2D eigenvalue weighted by Gasteiger charge is -2.31. The minimum absolute atomic E-state index is 0.172. The van der Waals surface area contributed by atoms with E-state index in [2.05, 4.69) is 18.6 Å². The van der Waals surface area contributed by atoms with Gasteiger partial charge >= 0.3 is 0 Å². The quantitative estimate of drug-likeness (QED) is 0.506. The lowest BCUT2D eigenvalue weighted by molar-refractivity contribution is 0.527. The van der Waals surface area contributed by atoms with Gasteiger partial charge in [-0.2, -0.15) is 13.5 Å². The van der Waals surface area contributed by atoms with E-state index in [0.29, 0.717) is 0 Å². The van der Waals surface area contributed by atoms with Gasteiger partial charge in [-0.1, -0.05) is 0 Å². The zero-order chi connectivity index (χ0) is 12.8. The van der Waals surface area contributed by atoms with Crippen molar-refractivity contribution >= 4 is 64.1 Å². The third kappa shape index (κ3) is 5.21. The standard InChI is InChI=1S/C5H13Cl4N4P3/c1-5(2,3)10-14(4)11-15(6,7)13-16(8,9)12-14/h10H,1-4H3. The van der Waals surface area contributed by atoms with Crippen molar-refractivity contribution in [1.29, 1.82) is 0 Å². The van der Waals surface area contributed by atoms with Crippen LogP contribution in [0.3, 0.4) is 0 Å². The summed E-state index contributed by atoms with van der Waals surface area (Å²) in [5.74, 6) is -5.59. The van der Waals surface area contributed by atoms with Gasteiger partial charge in [0.1, 0.15) is 7.36 Å². The van der Waals surface area contributed by atoms with Gasteiger partial charge in [0.15, 0.2) is 0 Å². The summed E-state index contributed by atoms with van der Waals surface area (Å²) in [7, 11) is -2.25. The Morgan fingerprint density at radius 1 is 0.875 bits per heavy atom. The van der Waals surface area contributed by atoms with Crippen molar-refractivity contribution in [3.05, 3.63) is 0 Å². The average molecular weight is 364 g/mol. The van der Waals surface area contributed by atoms with Crippen LogP contribution in [0.15, 0.2) is 13.5 Å². The molecule has 0 saturated heterocycles. The monoisotopic (exact) mass is 362 g/mol. The molecule has 1 unspecified atom stereocenters. The molecule has 1 rings (SSSR count). The van der Waals surface area contributed by atoms with Crippen molar-refractivity contribution in [3.63, 3.8) is 0 Å². The van der Waals surface area contributed by atoms with Gasteiger partial charge in [-0.3, -0.25) is 5.09 Å². The maximum atomic E-state index is 6.00. The fourth-order valence-corrected chi connectivity index (χ4v) is 18.2. The van der Waals surface area contributed by atoms with Gasteiger partial charge in [-0.05, 0) is 65.7 Å². The molecule has 0 radical (unpaired) electrons. The Labute approximate surface area is 115 Å². The lowest BCUT2D eigenvalue weighted by Crippen LogP contribution is -2.32. The van der Waals surface area contributed by atoms with Gasteiger partial charge in [0.2, 0.25) is 0 Å². The second-order valence-corrected chi connectivity index (χ2v) is 17.2. The molecule has 1 N–H and O–H groups in total. The Bertz CT molecular complexity index is 445. The van der Waals surface area contributed by atoms with Crippen LogP contribution in [0.25, 0.3) is 0 Å². The highest BCUT2D eigenvalue weighted by molar-refractivity contribution is 8.20. The molecule has 11 heteroatoms. The van der Waals surface area contributed by atoms with Gasteiger partial charge in [0, 0.05) is 12.2 Å². The highest BCUT2D eigenvalue weighted by Crippen LogP contribution is 2.83. The molecule has 0 aromatic carbocycles. The zero-order valence-electron chi connectivity index (χ0n) is 9.20. The Balaban J connectivity index is 3.32. The molecule has 16 heavy (non-hydrogen) atoms. The van der Waals surface area contributed by atoms with Crippen molar-refractivity contribution in [3.8, 4) is 0 Å². The van der Waals surface area contributed by atoms with Crippen LogP contribution in [0.5, 0.6) is 0 Å². The van der Waals surface area contributed by atoms with Gasteiger partial charge in [0.25, 0.3) is 11.8 Å². The number of rotatable bonds is 1. The maximum absolute atomic E-state index is 6.00. The molecular formula is C5H13Cl4N4P3. The molecule has 0 aromatic rings. The highest BCUT2D eigenvalue weighted by atomic mass is 35.9. The van der Waals surface area contributed by atoms with E-state index in [0.717, 1.165) is 0 Å². The molecule has 0 aromatic heterocycles. The minimum Gasteiger partial charge on any atom is -0.261 e. The second kappa shape index (κ2) is 4.73. The largest absolute Gasteiger partial charge is 0.261 e. The Hall–Kier alpha value is 1.81. The Morgan fingerprint density at radius 3 is 1.69 bits per heavy atom. The van der Waals surface area contributed by atoms with Gasteiger partial charge in [-0.25, -0.2) is 0 Å². The van der Waals surface area contributed by atoms with E-state index >= 15 is 0 Å². The summed E-state index contributed by atoms with van der Waals surface area (Å²) in [6.45, 7) is 7.84. The molecule has 1 aliphatic heterocycles. The summed E-state index contributed by atoms with van der Waals surface area (Å²) in [6.07, 6.45) is 0. The van der Waals surface area contributed by atoms with E-state index in [1.807, 2.05) is 27.4 Å². The first kappa shape index (κ1) is 15.9. The molecule has 1 atom stereocenters. The molecule has 96 valence electrons. The molecule has 4 nitrogen and oxygen atoms in total. The molecular weight excluding hydrogens is 351 g/mol. The summed E-state index contributed by atoms with van der Waals surface area (Å²) in [5.41, 5.74) is -0.172. The van der Waals surface area contributed by atoms with Crippen LogP contribution in [0.4, 0.5) is 0 Å². The van der Waals surface area contributed by atoms with Crippen LogP contribution in [-0.2, 0) is 0 Å². The lowest BCUT2D eigenvalue weighted by atomic mass is 10.1. The first-order valence-corrected chi connectivity index (χ1v) is 13.4. The average Bonchev–Trinajstić information content (AvgIpc) is 1.66. The van der Waals surface area contributed by atoms with E-state index in [1.54, 1.807) is 0 Å². The van der Waals surface area contributed by atoms with E-state index < -0.39 is 19.2 Å². The first-order valence-electron chi connectivity index (χ1n) is 4.30. The smallest absolute Gasteiger partial charge is 0.256 e. The number of nitrogens with one attached hydrogen (secondary N) is 1. The van der Waals surface area contributed by atoms with Crippen LogP contribution < -0.4 is 5.09 Å². The second-order valence-electron chi connectivity index (χ2n) is 4.45. The van der Waals surface area contributed by atoms with Crippen LogP contribution in [0, 0.1) is 0 Å². The number of hydrogen-bond donors (Lipinski definition) is 1. The van der Waals surface area contributed by atoms with Gasteiger partial charge in [0.05, 0.1) is 0 Å². The van der Waals surface area contributed by atoms with Gasteiger partial charge in [-0.15, -0.1) is 0 Å². The summed E-state index contributed by atoms with van der Waals surface area (Å²) in [6, 6.07) is 0. The predicted octanol–water partition coefficient (Wildman–Crippen LogP) is 6.90.